The van der Waals surface area contributed by atoms with Crippen molar-refractivity contribution in [3.8, 4) is 5.75 Å². The van der Waals surface area contributed by atoms with Gasteiger partial charge >= 0.3 is 5.97 Å². The summed E-state index contributed by atoms with van der Waals surface area (Å²) in [5.74, 6) is 0.276. The summed E-state index contributed by atoms with van der Waals surface area (Å²) in [7, 11) is 0. The Morgan fingerprint density at radius 3 is 2.50 bits per heavy atom. The predicted octanol–water partition coefficient (Wildman–Crippen LogP) is 2.95. The second-order valence-corrected chi connectivity index (χ2v) is 7.30. The highest BCUT2D eigenvalue weighted by Crippen LogP contribution is 2.21. The molecular formula is C21H24N4O3. The molecule has 2 aromatic carbocycles. The maximum atomic E-state index is 12.4. The first-order chi connectivity index (χ1) is 13.6. The molecule has 1 saturated heterocycles. The molecule has 146 valence electrons. The highest BCUT2D eigenvalue weighted by molar-refractivity contribution is 5.90. The first kappa shape index (κ1) is 18.4. The highest BCUT2D eigenvalue weighted by Gasteiger charge is 2.22. The number of benzene rings is 2. The quantitative estimate of drug-likeness (QED) is 0.634. The molecule has 0 bridgehead atoms. The number of fused-ring (bicyclic) bond motifs is 1. The summed E-state index contributed by atoms with van der Waals surface area (Å²) in [6.45, 7) is 6.55. The summed E-state index contributed by atoms with van der Waals surface area (Å²) in [5.41, 5.74) is 1.74. The fourth-order valence-electron chi connectivity index (χ4n) is 3.42. The number of hydrogen-bond donors (Lipinski definition) is 0. The third kappa shape index (κ3) is 3.99. The third-order valence-corrected chi connectivity index (χ3v) is 5.09. The molecule has 2 heterocycles. The molecule has 0 spiro atoms. The zero-order chi connectivity index (χ0) is 19.5. The normalized spacial score (nSPS) is 15.8. The van der Waals surface area contributed by atoms with E-state index in [2.05, 4.69) is 29.1 Å². The largest absolute Gasteiger partial charge is 0.490 e. The lowest BCUT2D eigenvalue weighted by Crippen LogP contribution is -2.41. The van der Waals surface area contributed by atoms with E-state index < -0.39 is 5.97 Å². The van der Waals surface area contributed by atoms with E-state index in [0.29, 0.717) is 22.6 Å². The van der Waals surface area contributed by atoms with Gasteiger partial charge in [0.2, 0.25) is 0 Å². The van der Waals surface area contributed by atoms with Gasteiger partial charge < -0.3 is 14.5 Å². The van der Waals surface area contributed by atoms with Crippen molar-refractivity contribution in [1.29, 1.82) is 0 Å². The number of likely N-dealkylation sites (tertiary alicyclic amines) is 1. The zero-order valence-electron chi connectivity index (χ0n) is 16.1. The van der Waals surface area contributed by atoms with Gasteiger partial charge in [-0.15, -0.1) is 5.10 Å². The molecule has 4 rings (SSSR count). The minimum Gasteiger partial charge on any atom is -0.490 e. The van der Waals surface area contributed by atoms with E-state index in [-0.39, 0.29) is 6.10 Å². The van der Waals surface area contributed by atoms with Crippen molar-refractivity contribution in [2.75, 3.05) is 13.1 Å². The molecule has 0 atom stereocenters. The number of rotatable bonds is 5. The standard InChI is InChI=1S/C21H24N4O3/c1-15(2)24-13-11-18(12-14-24)27-17-9-7-16(8-10-17)21(26)28-25-20-6-4-3-5-19(20)22-23-25/h3-10,15,18H,11-14H2,1-2H3. The minimum absolute atomic E-state index is 0.217. The topological polar surface area (TPSA) is 69.5 Å². The van der Waals surface area contributed by atoms with Crippen LogP contribution in [0.4, 0.5) is 0 Å². The minimum atomic E-state index is -0.493. The van der Waals surface area contributed by atoms with Gasteiger partial charge in [-0.05, 0) is 68.3 Å². The second kappa shape index (κ2) is 7.98. The maximum Gasteiger partial charge on any atom is 0.365 e. The van der Waals surface area contributed by atoms with Crippen LogP contribution >= 0.6 is 0 Å². The number of nitrogens with zero attached hydrogens (tertiary/aromatic N) is 4. The first-order valence-corrected chi connectivity index (χ1v) is 9.64. The molecule has 0 amide bonds. The number of hydrogen-bond acceptors (Lipinski definition) is 6. The van der Waals surface area contributed by atoms with E-state index in [1.165, 1.54) is 0 Å². The van der Waals surface area contributed by atoms with Crippen molar-refractivity contribution >= 4 is 17.0 Å². The SMILES string of the molecule is CC(C)N1CCC(Oc2ccc(C(=O)On3nnc4ccccc43)cc2)CC1. The fraction of sp³-hybridized carbons (Fsp3) is 0.381. The fourth-order valence-corrected chi connectivity index (χ4v) is 3.42. The van der Waals surface area contributed by atoms with Crippen LogP contribution in [0.5, 0.6) is 5.75 Å². The number of carbonyl (C=O) groups is 1. The van der Waals surface area contributed by atoms with E-state index in [4.69, 9.17) is 9.57 Å². The molecule has 0 unspecified atom stereocenters. The van der Waals surface area contributed by atoms with Crippen molar-refractivity contribution < 1.29 is 14.4 Å². The molecule has 0 saturated carbocycles. The molecule has 0 N–H and O–H groups in total. The monoisotopic (exact) mass is 380 g/mol. The number of piperidine rings is 1. The Hall–Kier alpha value is -2.93. The molecule has 1 aliphatic heterocycles. The van der Waals surface area contributed by atoms with Crippen molar-refractivity contribution in [3.05, 3.63) is 54.1 Å². The van der Waals surface area contributed by atoms with Gasteiger partial charge in [0.25, 0.3) is 0 Å². The van der Waals surface area contributed by atoms with Crippen LogP contribution in [0.15, 0.2) is 48.5 Å². The van der Waals surface area contributed by atoms with Crippen LogP contribution in [0.2, 0.25) is 0 Å². The van der Waals surface area contributed by atoms with Gasteiger partial charge in [0.15, 0.2) is 0 Å². The van der Waals surface area contributed by atoms with Crippen molar-refractivity contribution in [2.45, 2.75) is 38.8 Å². The summed E-state index contributed by atoms with van der Waals surface area (Å²) >= 11 is 0. The smallest absolute Gasteiger partial charge is 0.365 e. The molecular weight excluding hydrogens is 356 g/mol. The van der Waals surface area contributed by atoms with E-state index in [9.17, 15) is 4.79 Å². The Labute approximate surface area is 163 Å². The van der Waals surface area contributed by atoms with Crippen LogP contribution < -0.4 is 9.57 Å². The Kier molecular flexibility index (Phi) is 5.25. The summed E-state index contributed by atoms with van der Waals surface area (Å²) < 4.78 is 6.08. The van der Waals surface area contributed by atoms with Gasteiger partial charge in [0, 0.05) is 19.1 Å². The summed E-state index contributed by atoms with van der Waals surface area (Å²) in [4.78, 5) is 21.3. The van der Waals surface area contributed by atoms with Gasteiger partial charge in [-0.25, -0.2) is 4.79 Å². The molecule has 28 heavy (non-hydrogen) atoms. The number of carbonyl (C=O) groups excluding carboxylic acids is 1. The first-order valence-electron chi connectivity index (χ1n) is 9.64. The van der Waals surface area contributed by atoms with Crippen LogP contribution in [-0.2, 0) is 0 Å². The molecule has 1 fully saturated rings. The van der Waals surface area contributed by atoms with Gasteiger partial charge in [-0.2, -0.15) is 0 Å². The molecule has 1 aliphatic rings. The van der Waals surface area contributed by atoms with Gasteiger partial charge in [0.1, 0.15) is 22.9 Å². The van der Waals surface area contributed by atoms with Gasteiger partial charge in [-0.3, -0.25) is 0 Å². The van der Waals surface area contributed by atoms with Crippen LogP contribution in [0.25, 0.3) is 11.0 Å². The van der Waals surface area contributed by atoms with Crippen molar-refractivity contribution in [3.63, 3.8) is 0 Å². The van der Waals surface area contributed by atoms with E-state index in [1.807, 2.05) is 30.3 Å². The summed E-state index contributed by atoms with van der Waals surface area (Å²) in [6.07, 6.45) is 2.25. The average molecular weight is 380 g/mol. The average Bonchev–Trinajstić information content (AvgIpc) is 3.12. The summed E-state index contributed by atoms with van der Waals surface area (Å²) in [5, 5.41) is 7.84. The van der Waals surface area contributed by atoms with E-state index in [0.717, 1.165) is 36.5 Å². The zero-order valence-corrected chi connectivity index (χ0v) is 16.1. The van der Waals surface area contributed by atoms with Crippen molar-refractivity contribution in [1.82, 2.24) is 20.1 Å². The number of aromatic nitrogens is 3. The van der Waals surface area contributed by atoms with Crippen molar-refractivity contribution in [2.24, 2.45) is 0 Å². The second-order valence-electron chi connectivity index (χ2n) is 7.30. The molecule has 0 aliphatic carbocycles. The molecule has 7 nitrogen and oxygen atoms in total. The Morgan fingerprint density at radius 2 is 1.79 bits per heavy atom. The lowest BCUT2D eigenvalue weighted by molar-refractivity contribution is 0.0408. The third-order valence-electron chi connectivity index (χ3n) is 5.09. The van der Waals surface area contributed by atoms with Crippen LogP contribution in [0.3, 0.4) is 0 Å². The van der Waals surface area contributed by atoms with Crippen LogP contribution in [-0.4, -0.2) is 51.3 Å². The Balaban J connectivity index is 1.36. The van der Waals surface area contributed by atoms with Gasteiger partial charge in [-0.1, -0.05) is 17.0 Å². The Morgan fingerprint density at radius 1 is 1.07 bits per heavy atom. The highest BCUT2D eigenvalue weighted by atomic mass is 16.7. The number of ether oxygens (including phenoxy) is 1. The lowest BCUT2D eigenvalue weighted by Gasteiger charge is -2.34. The Bertz CT molecular complexity index is 944. The maximum absolute atomic E-state index is 12.4. The molecule has 3 aromatic rings. The molecule has 1 aromatic heterocycles. The summed E-state index contributed by atoms with van der Waals surface area (Å²) in [6, 6.07) is 14.9. The van der Waals surface area contributed by atoms with E-state index >= 15 is 0 Å². The number of para-hydroxylation sites is 1. The molecule has 7 heteroatoms. The molecule has 0 radical (unpaired) electrons. The predicted molar refractivity (Wildman–Crippen MR) is 105 cm³/mol. The van der Waals surface area contributed by atoms with E-state index in [1.54, 1.807) is 18.2 Å². The lowest BCUT2D eigenvalue weighted by atomic mass is 10.1. The van der Waals surface area contributed by atoms with Crippen LogP contribution in [0.1, 0.15) is 37.0 Å². The van der Waals surface area contributed by atoms with Crippen LogP contribution in [0, 0.1) is 0 Å². The van der Waals surface area contributed by atoms with Gasteiger partial charge in [0.05, 0.1) is 5.56 Å².